The van der Waals surface area contributed by atoms with E-state index in [0.29, 0.717) is 28.2 Å². The first-order valence-electron chi connectivity index (χ1n) is 9.22. The normalized spacial score (nSPS) is 13.1. The van der Waals surface area contributed by atoms with Gasteiger partial charge in [-0.05, 0) is 41.3 Å². The summed E-state index contributed by atoms with van der Waals surface area (Å²) in [6.07, 6.45) is 0. The van der Waals surface area contributed by atoms with E-state index in [1.165, 1.54) is 6.07 Å². The smallest absolute Gasteiger partial charge is 0.295 e. The van der Waals surface area contributed by atoms with Crippen LogP contribution < -0.4 is 4.74 Å². The highest BCUT2D eigenvalue weighted by molar-refractivity contribution is 7.86. The van der Waals surface area contributed by atoms with E-state index in [4.69, 9.17) is 4.74 Å². The zero-order valence-corrected chi connectivity index (χ0v) is 18.1. The Morgan fingerprint density at radius 3 is 1.93 bits per heavy atom. The third-order valence-corrected chi connectivity index (χ3v) is 6.92. The van der Waals surface area contributed by atoms with Crippen LogP contribution in [0.1, 0.15) is 19.4 Å². The number of rotatable bonds is 5. The van der Waals surface area contributed by atoms with E-state index in [1.807, 2.05) is 26.8 Å². The van der Waals surface area contributed by atoms with Gasteiger partial charge >= 0.3 is 0 Å². The van der Waals surface area contributed by atoms with Crippen LogP contribution >= 0.6 is 0 Å². The Morgan fingerprint density at radius 2 is 1.33 bits per heavy atom. The van der Waals surface area contributed by atoms with E-state index >= 15 is 0 Å². The molecule has 0 aromatic heterocycles. The van der Waals surface area contributed by atoms with Gasteiger partial charge < -0.3 is 4.74 Å². The van der Waals surface area contributed by atoms with E-state index in [0.717, 1.165) is 11.6 Å². The van der Waals surface area contributed by atoms with E-state index in [2.05, 4.69) is 0 Å². The highest BCUT2D eigenvalue weighted by Gasteiger charge is 2.26. The molecule has 0 aliphatic carbocycles. The number of ether oxygens (including phenoxy) is 1. The lowest BCUT2D eigenvalue weighted by Crippen LogP contribution is -2.08. The van der Waals surface area contributed by atoms with Crippen LogP contribution in [0.3, 0.4) is 0 Å². The van der Waals surface area contributed by atoms with Crippen molar-refractivity contribution in [1.29, 1.82) is 0 Å². The second kappa shape index (κ2) is 6.78. The number of hydrogen-bond donors (Lipinski definition) is 2. The number of benzene rings is 4. The summed E-state index contributed by atoms with van der Waals surface area (Å²) in [5.41, 5.74) is 0.847. The molecule has 4 rings (SSSR count). The van der Waals surface area contributed by atoms with Crippen LogP contribution in [-0.2, 0) is 20.2 Å². The molecule has 0 saturated heterocycles. The van der Waals surface area contributed by atoms with Gasteiger partial charge in [0.2, 0.25) is 0 Å². The molecule has 4 aromatic rings. The van der Waals surface area contributed by atoms with Gasteiger partial charge in [-0.3, -0.25) is 9.11 Å². The molecule has 7 nitrogen and oxygen atoms in total. The van der Waals surface area contributed by atoms with Crippen molar-refractivity contribution in [2.24, 2.45) is 5.92 Å². The third kappa shape index (κ3) is 3.27. The van der Waals surface area contributed by atoms with Gasteiger partial charge in [0.25, 0.3) is 20.2 Å². The quantitative estimate of drug-likeness (QED) is 0.343. The fourth-order valence-electron chi connectivity index (χ4n) is 3.84. The molecule has 2 N–H and O–H groups in total. The van der Waals surface area contributed by atoms with Crippen molar-refractivity contribution < 1.29 is 30.7 Å². The lowest BCUT2D eigenvalue weighted by atomic mass is 9.92. The van der Waals surface area contributed by atoms with Crippen molar-refractivity contribution >= 4 is 52.6 Å². The molecule has 0 aliphatic heterocycles. The van der Waals surface area contributed by atoms with Crippen molar-refractivity contribution in [2.75, 3.05) is 6.61 Å². The Balaban J connectivity index is 2.32. The van der Waals surface area contributed by atoms with E-state index in [9.17, 15) is 25.9 Å². The highest BCUT2D eigenvalue weighted by atomic mass is 32.2. The molecule has 0 heterocycles. The largest absolute Gasteiger partial charge is 0.493 e. The van der Waals surface area contributed by atoms with Gasteiger partial charge in [-0.25, -0.2) is 0 Å². The molecule has 4 aromatic carbocycles. The van der Waals surface area contributed by atoms with Crippen LogP contribution in [0, 0.1) is 12.8 Å². The number of aryl methyl sites for hydroxylation is 1. The molecule has 0 radical (unpaired) electrons. The second-order valence-corrected chi connectivity index (χ2v) is 10.6. The maximum Gasteiger partial charge on any atom is 0.295 e. The maximum absolute atomic E-state index is 12.2. The minimum atomic E-state index is -4.72. The summed E-state index contributed by atoms with van der Waals surface area (Å²) in [5, 5.41) is 2.49. The van der Waals surface area contributed by atoms with Crippen molar-refractivity contribution in [3.63, 3.8) is 0 Å². The zero-order chi connectivity index (χ0) is 22.0. The summed E-state index contributed by atoms with van der Waals surface area (Å²) >= 11 is 0. The molecule has 0 fully saturated rings. The summed E-state index contributed by atoms with van der Waals surface area (Å²) in [6, 6.07) is 9.19. The summed E-state index contributed by atoms with van der Waals surface area (Å²) < 4.78 is 74.1. The van der Waals surface area contributed by atoms with E-state index < -0.39 is 30.0 Å². The molecular weight excluding hydrogens is 428 g/mol. The average Bonchev–Trinajstić information content (AvgIpc) is 2.63. The zero-order valence-electron chi connectivity index (χ0n) is 16.5. The molecule has 0 aliphatic rings. The number of hydrogen-bond acceptors (Lipinski definition) is 5. The molecule has 0 saturated carbocycles. The summed E-state index contributed by atoms with van der Waals surface area (Å²) in [5.74, 6) is 0.444. The predicted molar refractivity (Wildman–Crippen MR) is 115 cm³/mol. The first-order valence-corrected chi connectivity index (χ1v) is 12.1. The first kappa shape index (κ1) is 20.8. The Kier molecular flexibility index (Phi) is 4.70. The first-order chi connectivity index (χ1) is 13.9. The van der Waals surface area contributed by atoms with Crippen molar-refractivity contribution in [1.82, 2.24) is 0 Å². The standard InChI is InChI=1S/C21H20O7S2/c1-11(2)10-28-17-9-19(30(25,26)27)16-8-18(29(22,23)24)15-5-4-12(3)13-6-7-14(17)21(16)20(13)15/h4-9,11H,10H2,1-3H3,(H,22,23,24)(H,25,26,27). The molecule has 158 valence electrons. The highest BCUT2D eigenvalue weighted by Crippen LogP contribution is 2.44. The minimum Gasteiger partial charge on any atom is -0.493 e. The Labute approximate surface area is 174 Å². The van der Waals surface area contributed by atoms with Crippen LogP contribution in [0.2, 0.25) is 0 Å². The lowest BCUT2D eigenvalue weighted by Gasteiger charge is -2.19. The van der Waals surface area contributed by atoms with E-state index in [-0.39, 0.29) is 22.4 Å². The van der Waals surface area contributed by atoms with Crippen LogP contribution in [0.4, 0.5) is 0 Å². The van der Waals surface area contributed by atoms with Gasteiger partial charge in [0.05, 0.1) is 6.61 Å². The lowest BCUT2D eigenvalue weighted by molar-refractivity contribution is 0.273. The molecule has 0 spiro atoms. The maximum atomic E-state index is 12.2. The SMILES string of the molecule is Cc1ccc2c(S(=O)(=O)O)cc3c(S(=O)(=O)O)cc(OCC(C)C)c4ccc1c2c43. The molecule has 0 amide bonds. The van der Waals surface area contributed by atoms with Gasteiger partial charge in [-0.2, -0.15) is 16.8 Å². The average molecular weight is 449 g/mol. The third-order valence-electron chi connectivity index (χ3n) is 5.13. The van der Waals surface area contributed by atoms with Gasteiger partial charge in [0.15, 0.2) is 0 Å². The fraction of sp³-hybridized carbons (Fsp3) is 0.238. The molecule has 9 heteroatoms. The molecular formula is C21H20O7S2. The van der Waals surface area contributed by atoms with Gasteiger partial charge in [-0.1, -0.05) is 32.0 Å². The van der Waals surface area contributed by atoms with Crippen molar-refractivity contribution in [2.45, 2.75) is 30.6 Å². The van der Waals surface area contributed by atoms with Gasteiger partial charge in [0.1, 0.15) is 15.5 Å². The monoisotopic (exact) mass is 448 g/mol. The Bertz CT molecular complexity index is 1520. The molecule has 0 atom stereocenters. The van der Waals surface area contributed by atoms with Gasteiger partial charge in [0, 0.05) is 27.6 Å². The van der Waals surface area contributed by atoms with Crippen molar-refractivity contribution in [3.05, 3.63) is 42.0 Å². The van der Waals surface area contributed by atoms with E-state index in [1.54, 1.807) is 18.2 Å². The van der Waals surface area contributed by atoms with Crippen LogP contribution in [0.25, 0.3) is 32.3 Å². The van der Waals surface area contributed by atoms with Crippen LogP contribution in [0.5, 0.6) is 5.75 Å². The Morgan fingerprint density at radius 1 is 0.800 bits per heavy atom. The fourth-order valence-corrected chi connectivity index (χ4v) is 5.25. The summed E-state index contributed by atoms with van der Waals surface area (Å²) in [6.45, 7) is 6.06. The summed E-state index contributed by atoms with van der Waals surface area (Å²) in [4.78, 5) is -0.900. The van der Waals surface area contributed by atoms with Crippen molar-refractivity contribution in [3.8, 4) is 5.75 Å². The Hall–Kier alpha value is -2.46. The van der Waals surface area contributed by atoms with Crippen LogP contribution in [0.15, 0.2) is 46.2 Å². The van der Waals surface area contributed by atoms with Crippen LogP contribution in [-0.4, -0.2) is 32.5 Å². The summed E-state index contributed by atoms with van der Waals surface area (Å²) in [7, 11) is -9.38. The van der Waals surface area contributed by atoms with Gasteiger partial charge in [-0.15, -0.1) is 0 Å². The minimum absolute atomic E-state index is 0.000668. The molecule has 30 heavy (non-hydrogen) atoms. The second-order valence-electron chi connectivity index (χ2n) is 7.79. The molecule has 0 bridgehead atoms. The molecule has 0 unspecified atom stereocenters. The topological polar surface area (TPSA) is 118 Å². The predicted octanol–water partition coefficient (Wildman–Crippen LogP) is 4.42.